The molecule has 0 aromatic heterocycles. The van der Waals surface area contributed by atoms with Crippen LogP contribution in [-0.4, -0.2) is 52.0 Å². The molecular formula is C13H17BNO4S-. The molecule has 0 radical (unpaired) electrons. The third-order valence-electron chi connectivity index (χ3n) is 3.92. The molecule has 2 saturated heterocycles. The van der Waals surface area contributed by atoms with Crippen molar-refractivity contribution >= 4 is 16.5 Å². The minimum Gasteiger partial charge on any atom is -0.550 e. The molecule has 0 spiro atoms. The molecule has 0 saturated carbocycles. The Morgan fingerprint density at radius 1 is 1.20 bits per heavy atom. The van der Waals surface area contributed by atoms with E-state index in [-0.39, 0.29) is 5.75 Å². The predicted molar refractivity (Wildman–Crippen MR) is 76.9 cm³/mol. The largest absolute Gasteiger partial charge is 0.550 e. The van der Waals surface area contributed by atoms with Gasteiger partial charge in [0.1, 0.15) is 0 Å². The molecule has 1 aromatic carbocycles. The van der Waals surface area contributed by atoms with Crippen molar-refractivity contribution < 1.29 is 17.7 Å². The van der Waals surface area contributed by atoms with E-state index in [1.54, 1.807) is 30.3 Å². The smallest absolute Gasteiger partial charge is 0.344 e. The lowest BCUT2D eigenvalue weighted by atomic mass is 9.64. The molecule has 3 rings (SSSR count). The molecule has 0 atom stereocenters. The highest BCUT2D eigenvalue weighted by Crippen LogP contribution is 2.32. The molecule has 0 unspecified atom stereocenters. The van der Waals surface area contributed by atoms with Crippen molar-refractivity contribution in [1.29, 1.82) is 0 Å². The van der Waals surface area contributed by atoms with Crippen LogP contribution in [0.2, 0.25) is 0 Å². The van der Waals surface area contributed by atoms with E-state index in [1.165, 1.54) is 0 Å². The van der Waals surface area contributed by atoms with Crippen molar-refractivity contribution in [2.45, 2.75) is 4.90 Å². The van der Waals surface area contributed by atoms with E-state index >= 15 is 0 Å². The number of hydrogen-bond donors (Lipinski definition) is 0. The number of fused-ring (bicyclic) bond motifs is 1. The number of nitrogens with zero attached hydrogens (tertiary/aromatic N) is 1. The van der Waals surface area contributed by atoms with Crippen LogP contribution in [0.5, 0.6) is 0 Å². The van der Waals surface area contributed by atoms with Gasteiger partial charge < -0.3 is 14.1 Å². The van der Waals surface area contributed by atoms with Gasteiger partial charge in [0, 0.05) is 19.0 Å². The van der Waals surface area contributed by atoms with E-state index in [1.807, 2.05) is 0 Å². The fourth-order valence-corrected chi connectivity index (χ4v) is 4.36. The first-order valence-corrected chi connectivity index (χ1v) is 8.32. The molecule has 0 bridgehead atoms. The Morgan fingerprint density at radius 2 is 1.80 bits per heavy atom. The summed E-state index contributed by atoms with van der Waals surface area (Å²) < 4.78 is 36.2. The molecule has 0 N–H and O–H groups in total. The average molecular weight is 294 g/mol. The van der Waals surface area contributed by atoms with Gasteiger partial charge in [0.15, 0.2) is 9.84 Å². The van der Waals surface area contributed by atoms with Gasteiger partial charge in [-0.2, -0.15) is 0 Å². The topological polar surface area (TPSA) is 55.8 Å². The summed E-state index contributed by atoms with van der Waals surface area (Å²) in [5.41, 5.74) is 0.504. The Balaban J connectivity index is 1.83. The van der Waals surface area contributed by atoms with Crippen molar-refractivity contribution in [1.82, 2.24) is 4.81 Å². The van der Waals surface area contributed by atoms with Gasteiger partial charge in [-0.05, 0) is 25.2 Å². The fourth-order valence-electron chi connectivity index (χ4n) is 2.92. The van der Waals surface area contributed by atoms with Gasteiger partial charge in [-0.25, -0.2) is 8.42 Å². The summed E-state index contributed by atoms with van der Waals surface area (Å²) >= 11 is 0. The monoisotopic (exact) mass is 294 g/mol. The van der Waals surface area contributed by atoms with Crippen LogP contribution < -0.4 is 0 Å². The van der Waals surface area contributed by atoms with E-state index in [0.29, 0.717) is 23.6 Å². The van der Waals surface area contributed by atoms with Crippen LogP contribution in [0.4, 0.5) is 0 Å². The minimum absolute atomic E-state index is 0.145. The first-order chi connectivity index (χ1) is 9.55. The molecule has 20 heavy (non-hydrogen) atoms. The zero-order valence-electron chi connectivity index (χ0n) is 11.2. The van der Waals surface area contributed by atoms with Crippen molar-refractivity contribution in [3.8, 4) is 0 Å². The molecule has 2 aliphatic heterocycles. The Bertz CT molecular complexity index is 607. The number of hydrogen-bond acceptors (Lipinski definition) is 5. The third-order valence-corrected chi connectivity index (χ3v) is 5.66. The first-order valence-electron chi connectivity index (χ1n) is 6.67. The van der Waals surface area contributed by atoms with E-state index < -0.39 is 16.5 Å². The number of benzene rings is 1. The zero-order valence-corrected chi connectivity index (χ0v) is 12.0. The third kappa shape index (κ3) is 2.20. The Kier molecular flexibility index (Phi) is 3.45. The molecule has 2 heterocycles. The molecule has 7 heteroatoms. The van der Waals surface area contributed by atoms with E-state index in [9.17, 15) is 8.42 Å². The highest BCUT2D eigenvalue weighted by atomic mass is 32.2. The van der Waals surface area contributed by atoms with Gasteiger partial charge in [0.2, 0.25) is 0 Å². The van der Waals surface area contributed by atoms with Gasteiger partial charge in [-0.15, -0.1) is 12.1 Å². The first kappa shape index (κ1) is 13.8. The molecule has 108 valence electrons. The molecule has 0 amide bonds. The second-order valence-corrected chi connectivity index (χ2v) is 7.17. The number of rotatable bonds is 4. The molecule has 5 nitrogen and oxygen atoms in total. The Morgan fingerprint density at radius 3 is 2.40 bits per heavy atom. The van der Waals surface area contributed by atoms with Gasteiger partial charge in [-0.3, -0.25) is 0 Å². The maximum atomic E-state index is 12.4. The lowest BCUT2D eigenvalue weighted by Crippen LogP contribution is -2.50. The van der Waals surface area contributed by atoms with Crippen molar-refractivity contribution in [3.05, 3.63) is 42.4 Å². The molecule has 0 aliphatic carbocycles. The summed E-state index contributed by atoms with van der Waals surface area (Å²) in [5, 5.41) is 0. The van der Waals surface area contributed by atoms with Crippen LogP contribution in [0, 0.1) is 0 Å². The van der Waals surface area contributed by atoms with Crippen molar-refractivity contribution in [2.75, 3.05) is 32.1 Å². The highest BCUT2D eigenvalue weighted by molar-refractivity contribution is 7.91. The maximum absolute atomic E-state index is 12.4. The van der Waals surface area contributed by atoms with Crippen LogP contribution in [-0.2, 0) is 19.1 Å². The predicted octanol–water partition coefficient (Wildman–Crippen LogP) is 0.857. The molecule has 2 aliphatic rings. The van der Waals surface area contributed by atoms with E-state index in [4.69, 9.17) is 9.31 Å². The van der Waals surface area contributed by atoms with Crippen LogP contribution >= 0.6 is 0 Å². The maximum Gasteiger partial charge on any atom is 0.344 e. The summed E-state index contributed by atoms with van der Waals surface area (Å²) in [6.07, 6.45) is 0. The second-order valence-electron chi connectivity index (χ2n) is 5.18. The zero-order chi connectivity index (χ0) is 14.2. The van der Waals surface area contributed by atoms with Crippen LogP contribution in [0.3, 0.4) is 0 Å². The average Bonchev–Trinajstić information content (AvgIpc) is 2.99. The molecule has 1 aromatic rings. The summed E-state index contributed by atoms with van der Waals surface area (Å²) in [7, 11) is -3.41. The molecular weight excluding hydrogens is 277 g/mol. The standard InChI is InChI=1S/C13H17BNO4S/c1-12(14-15(7-9-18-14)8-10-19-14)11-20(16,17)13-5-3-2-4-6-13/h2-6H,1,7-11H2/q-1. The number of sulfone groups is 1. The molecule has 2 fully saturated rings. The van der Waals surface area contributed by atoms with Gasteiger partial charge in [-0.1, -0.05) is 18.2 Å². The summed E-state index contributed by atoms with van der Waals surface area (Å²) in [5.74, 6) is -0.145. The van der Waals surface area contributed by atoms with Crippen LogP contribution in [0.1, 0.15) is 0 Å². The van der Waals surface area contributed by atoms with Crippen molar-refractivity contribution in [3.63, 3.8) is 0 Å². The van der Waals surface area contributed by atoms with Crippen LogP contribution in [0.15, 0.2) is 47.3 Å². The summed E-state index contributed by atoms with van der Waals surface area (Å²) in [6.45, 7) is 4.81. The Hall–Kier alpha value is -1.15. The lowest BCUT2D eigenvalue weighted by molar-refractivity contribution is 0.228. The van der Waals surface area contributed by atoms with Gasteiger partial charge >= 0.3 is 6.69 Å². The van der Waals surface area contributed by atoms with Crippen LogP contribution in [0.25, 0.3) is 0 Å². The van der Waals surface area contributed by atoms with E-state index in [2.05, 4.69) is 11.4 Å². The van der Waals surface area contributed by atoms with Gasteiger partial charge in [0.25, 0.3) is 0 Å². The normalized spacial score (nSPS) is 21.8. The second kappa shape index (κ2) is 5.00. The van der Waals surface area contributed by atoms with Gasteiger partial charge in [0.05, 0.1) is 4.90 Å². The lowest BCUT2D eigenvalue weighted by Gasteiger charge is -2.38. The highest BCUT2D eigenvalue weighted by Gasteiger charge is 2.45. The minimum atomic E-state index is -3.41. The summed E-state index contributed by atoms with van der Waals surface area (Å²) in [6, 6.07) is 8.40. The van der Waals surface area contributed by atoms with E-state index in [0.717, 1.165) is 13.1 Å². The Labute approximate surface area is 119 Å². The summed E-state index contributed by atoms with van der Waals surface area (Å²) in [4.78, 5) is 2.36. The fraction of sp³-hybridized carbons (Fsp3) is 0.385. The van der Waals surface area contributed by atoms with Crippen molar-refractivity contribution in [2.24, 2.45) is 0 Å². The quantitative estimate of drug-likeness (QED) is 0.771. The SMILES string of the molecule is C=C(CS(=O)(=O)c1ccccc1)[B-]12OCCN1CCO2.